The Bertz CT molecular complexity index is 2660. The van der Waals surface area contributed by atoms with E-state index in [1.54, 1.807) is 0 Å². The van der Waals surface area contributed by atoms with Gasteiger partial charge in [0.25, 0.3) is 0 Å². The van der Waals surface area contributed by atoms with E-state index >= 15 is 0 Å². The Morgan fingerprint density at radius 3 is 1.92 bits per heavy atom. The molecule has 0 fully saturated rings. The molecule has 0 amide bonds. The van der Waals surface area contributed by atoms with Gasteiger partial charge in [0.05, 0.1) is 0 Å². The summed E-state index contributed by atoms with van der Waals surface area (Å²) in [7, 11) is 0. The lowest BCUT2D eigenvalue weighted by molar-refractivity contribution is 0.229. The van der Waals surface area contributed by atoms with Crippen LogP contribution in [0.4, 0.5) is 17.1 Å². The minimum Gasteiger partial charge on any atom is -0.338 e. The van der Waals surface area contributed by atoms with Crippen molar-refractivity contribution >= 4 is 22.6 Å². The molecule has 0 saturated heterocycles. The van der Waals surface area contributed by atoms with E-state index in [9.17, 15) is 0 Å². The van der Waals surface area contributed by atoms with Crippen molar-refractivity contribution in [2.24, 2.45) is 10.8 Å². The molecular weight excluding hydrogens is 785 g/mol. The first-order chi connectivity index (χ1) is 31.1. The number of fused-ring (bicyclic) bond motifs is 3. The SMILES string of the molecule is C=C/C=C\C=C/CN(C1=CCCC=C1)c1ccc(-c2ccc3c(c2)C2CC(c4ccc(-c5ccc(C(CC(C)(C)C)C(C)(C)C)cc5)cc4)=CC=C2N3c2ccc(C(C)(C)C)cc2)cc1. The molecule has 0 saturated carbocycles. The first-order valence-corrected chi connectivity index (χ1v) is 23.9. The molecule has 0 spiro atoms. The number of allylic oxidation sites excluding steroid dienone is 11. The van der Waals surface area contributed by atoms with E-state index in [4.69, 9.17) is 0 Å². The fraction of sp³-hybridized carbons (Fsp3) is 0.302. The second-order valence-corrected chi connectivity index (χ2v) is 21.6. The molecule has 332 valence electrons. The number of nitrogens with zero attached hydrogens (tertiary/aromatic N) is 2. The summed E-state index contributed by atoms with van der Waals surface area (Å²) in [6, 6.07) is 44.2. The quantitative estimate of drug-likeness (QED) is 0.115. The molecule has 2 nitrogen and oxygen atoms in total. The summed E-state index contributed by atoms with van der Waals surface area (Å²) in [6.45, 7) is 25.7. The molecule has 2 atom stereocenters. The van der Waals surface area contributed by atoms with Crippen molar-refractivity contribution < 1.29 is 0 Å². The van der Waals surface area contributed by atoms with Crippen molar-refractivity contribution in [3.05, 3.63) is 216 Å². The molecule has 5 aromatic carbocycles. The summed E-state index contributed by atoms with van der Waals surface area (Å²) in [5, 5.41) is 0. The zero-order valence-electron chi connectivity index (χ0n) is 40.5. The number of rotatable bonds is 12. The van der Waals surface area contributed by atoms with Gasteiger partial charge in [-0.2, -0.15) is 0 Å². The molecule has 5 aromatic rings. The van der Waals surface area contributed by atoms with Gasteiger partial charge in [0, 0.05) is 40.9 Å². The Morgan fingerprint density at radius 1 is 0.677 bits per heavy atom. The molecular formula is C63H70N2. The Labute approximate surface area is 391 Å². The van der Waals surface area contributed by atoms with E-state index in [0.29, 0.717) is 5.92 Å². The van der Waals surface area contributed by atoms with Crippen LogP contribution in [0.1, 0.15) is 122 Å². The lowest BCUT2D eigenvalue weighted by Crippen LogP contribution is -2.23. The third-order valence-electron chi connectivity index (χ3n) is 13.5. The first-order valence-electron chi connectivity index (χ1n) is 23.9. The minimum atomic E-state index is 0.0944. The monoisotopic (exact) mass is 855 g/mol. The predicted octanol–water partition coefficient (Wildman–Crippen LogP) is 17.8. The molecule has 0 radical (unpaired) electrons. The fourth-order valence-electron chi connectivity index (χ4n) is 9.86. The molecule has 2 aliphatic carbocycles. The molecule has 2 unspecified atom stereocenters. The van der Waals surface area contributed by atoms with Crippen LogP contribution < -0.4 is 9.80 Å². The van der Waals surface area contributed by atoms with Gasteiger partial charge in [-0.25, -0.2) is 0 Å². The van der Waals surface area contributed by atoms with Crippen LogP contribution in [-0.4, -0.2) is 6.54 Å². The standard InChI is InChI=1S/C63H70N2/c1-11-12-13-14-18-41-64(53-19-16-15-17-20-53)54-35-29-48(30-36-54)51-32-40-60-57(43-51)56-42-50(31-39-59(56)65(60)55-37-33-52(34-38-55)62(5,6)7)47-23-21-45(22-24-47)46-25-27-49(28-26-46)58(63(8,9)10)44-61(2,3)4/h11-14,16,18-40,43,56,58H,1,15,17,41-42,44H2,2-10H3/b13-12-,18-14-. The Balaban J connectivity index is 1.08. The number of hydrogen-bond acceptors (Lipinski definition) is 2. The second kappa shape index (κ2) is 18.8. The molecule has 1 aliphatic heterocycles. The fourth-order valence-corrected chi connectivity index (χ4v) is 9.86. The van der Waals surface area contributed by atoms with Gasteiger partial charge in [-0.3, -0.25) is 0 Å². The topological polar surface area (TPSA) is 6.48 Å². The zero-order chi connectivity index (χ0) is 45.9. The zero-order valence-corrected chi connectivity index (χ0v) is 40.5. The van der Waals surface area contributed by atoms with Gasteiger partial charge in [0.15, 0.2) is 0 Å². The van der Waals surface area contributed by atoms with Gasteiger partial charge >= 0.3 is 0 Å². The van der Waals surface area contributed by atoms with Crippen molar-refractivity contribution in [3.8, 4) is 22.3 Å². The smallest absolute Gasteiger partial charge is 0.0497 e. The molecule has 8 rings (SSSR count). The van der Waals surface area contributed by atoms with E-state index in [-0.39, 0.29) is 22.2 Å². The summed E-state index contributed by atoms with van der Waals surface area (Å²) in [5.41, 5.74) is 18.7. The number of benzene rings is 5. The van der Waals surface area contributed by atoms with Crippen molar-refractivity contribution in [2.45, 2.75) is 105 Å². The highest BCUT2D eigenvalue weighted by Gasteiger charge is 2.37. The highest BCUT2D eigenvalue weighted by molar-refractivity contribution is 5.85. The maximum absolute atomic E-state index is 3.80. The first kappa shape index (κ1) is 45.4. The Hall–Kier alpha value is -6.12. The Morgan fingerprint density at radius 2 is 1.31 bits per heavy atom. The average Bonchev–Trinajstić information content (AvgIpc) is 3.62. The van der Waals surface area contributed by atoms with Crippen LogP contribution in [0.25, 0.3) is 27.8 Å². The van der Waals surface area contributed by atoms with Crippen LogP contribution in [0, 0.1) is 10.8 Å². The van der Waals surface area contributed by atoms with Crippen molar-refractivity contribution in [1.29, 1.82) is 0 Å². The average molecular weight is 855 g/mol. The number of anilines is 3. The lowest BCUT2D eigenvalue weighted by atomic mass is 9.69. The lowest BCUT2D eigenvalue weighted by Gasteiger charge is -2.36. The van der Waals surface area contributed by atoms with Crippen molar-refractivity contribution in [3.63, 3.8) is 0 Å². The van der Waals surface area contributed by atoms with E-state index in [0.717, 1.165) is 25.8 Å². The van der Waals surface area contributed by atoms with Crippen LogP contribution in [0.2, 0.25) is 0 Å². The largest absolute Gasteiger partial charge is 0.338 e. The molecule has 65 heavy (non-hydrogen) atoms. The highest BCUT2D eigenvalue weighted by atomic mass is 15.2. The molecule has 3 aliphatic rings. The van der Waals surface area contributed by atoms with Gasteiger partial charge in [-0.1, -0.05) is 196 Å². The van der Waals surface area contributed by atoms with Crippen LogP contribution in [0.15, 0.2) is 194 Å². The van der Waals surface area contributed by atoms with E-state index < -0.39 is 0 Å². The van der Waals surface area contributed by atoms with Gasteiger partial charge in [-0.05, 0) is 146 Å². The maximum atomic E-state index is 3.80. The molecule has 1 heterocycles. The van der Waals surface area contributed by atoms with Gasteiger partial charge in [0.1, 0.15) is 0 Å². The second-order valence-electron chi connectivity index (χ2n) is 21.6. The van der Waals surface area contributed by atoms with Crippen LogP contribution in [-0.2, 0) is 5.41 Å². The highest BCUT2D eigenvalue weighted by Crippen LogP contribution is 2.54. The third kappa shape index (κ3) is 10.4. The van der Waals surface area contributed by atoms with Gasteiger partial charge in [0.2, 0.25) is 0 Å². The summed E-state index contributed by atoms with van der Waals surface area (Å²) in [6.07, 6.45) is 26.0. The molecule has 0 aromatic heterocycles. The summed E-state index contributed by atoms with van der Waals surface area (Å²) < 4.78 is 0. The molecule has 0 N–H and O–H groups in total. The summed E-state index contributed by atoms with van der Waals surface area (Å²) >= 11 is 0. The normalized spacial score (nSPS) is 16.8. The third-order valence-corrected chi connectivity index (χ3v) is 13.5. The van der Waals surface area contributed by atoms with E-state index in [1.165, 1.54) is 85.0 Å². The van der Waals surface area contributed by atoms with Crippen molar-refractivity contribution in [1.82, 2.24) is 0 Å². The van der Waals surface area contributed by atoms with Crippen LogP contribution in [0.3, 0.4) is 0 Å². The Kier molecular flexibility index (Phi) is 13.1. The van der Waals surface area contributed by atoms with Crippen LogP contribution >= 0.6 is 0 Å². The molecule has 2 heteroatoms. The predicted molar refractivity (Wildman–Crippen MR) is 283 cm³/mol. The summed E-state index contributed by atoms with van der Waals surface area (Å²) in [5.74, 6) is 0.748. The minimum absolute atomic E-state index is 0.0944. The van der Waals surface area contributed by atoms with Crippen LogP contribution in [0.5, 0.6) is 0 Å². The summed E-state index contributed by atoms with van der Waals surface area (Å²) in [4.78, 5) is 4.90. The van der Waals surface area contributed by atoms with Gasteiger partial charge < -0.3 is 9.80 Å². The van der Waals surface area contributed by atoms with E-state index in [2.05, 4.69) is 236 Å². The maximum Gasteiger partial charge on any atom is 0.0497 e. The molecule has 0 bridgehead atoms. The van der Waals surface area contributed by atoms with Gasteiger partial charge in [-0.15, -0.1) is 0 Å². The number of hydrogen-bond donors (Lipinski definition) is 0. The van der Waals surface area contributed by atoms with E-state index in [1.807, 2.05) is 18.2 Å². The van der Waals surface area contributed by atoms with Crippen molar-refractivity contribution in [2.75, 3.05) is 16.3 Å².